The first-order chi connectivity index (χ1) is 40.9. The molecule has 0 aliphatic heterocycles. The van der Waals surface area contributed by atoms with Crippen molar-refractivity contribution < 1.29 is 38.4 Å². The molecule has 0 fully saturated rings. The van der Waals surface area contributed by atoms with Gasteiger partial charge in [0.25, 0.3) is 17.7 Å². The predicted molar refractivity (Wildman–Crippen MR) is 351 cm³/mol. The minimum absolute atomic E-state index is 0.00634. The molecule has 0 spiro atoms. The van der Waals surface area contributed by atoms with E-state index in [2.05, 4.69) is 138 Å². The van der Waals surface area contributed by atoms with E-state index in [1.165, 1.54) is 25.5 Å². The molecule has 0 aliphatic rings. The van der Waals surface area contributed by atoms with Gasteiger partial charge < -0.3 is 51.1 Å². The van der Waals surface area contributed by atoms with Crippen LogP contribution in [0.5, 0.6) is 40.5 Å². The number of nitrogen functional groups attached to an aromatic ring is 1. The highest BCUT2D eigenvalue weighted by molar-refractivity contribution is 9.11. The number of nitrogens with one attached hydrogen (secondary N) is 4. The van der Waals surface area contributed by atoms with Crippen LogP contribution in [0.4, 0.5) is 17.3 Å². The lowest BCUT2D eigenvalue weighted by molar-refractivity contribution is 0.0952. The molecule has 5 aromatic carbocycles. The van der Waals surface area contributed by atoms with E-state index in [0.717, 1.165) is 40.5 Å². The number of methoxy groups -OCH3 is 2. The SMILES string of the molecule is CCN(C(C)C)C(C)C.CNC(=O)c1ccccc1O.CNC(=O)c1ccccc1Oc1nc(Cl)ncc1Br.CNC(=O)c1ccccc1Oc1nc(Nc2cc(OC)ccc2C)ncc1Br.COc1ccc(C)c(N)c1.Clc1ncc(Br)c(Cl)n1. The maximum atomic E-state index is 12.1. The van der Waals surface area contributed by atoms with Crippen molar-refractivity contribution in [2.24, 2.45) is 0 Å². The number of phenolic OH excluding ortho intramolecular Hbond substituents is 1. The van der Waals surface area contributed by atoms with Crippen molar-refractivity contribution in [1.29, 1.82) is 0 Å². The Bertz CT molecular complexity index is 3480. The van der Waals surface area contributed by atoms with Crippen LogP contribution in [0.2, 0.25) is 15.7 Å². The van der Waals surface area contributed by atoms with E-state index in [4.69, 9.17) is 64.6 Å². The number of halogens is 6. The molecule has 3 amide bonds. The van der Waals surface area contributed by atoms with Crippen molar-refractivity contribution >= 4 is 118 Å². The van der Waals surface area contributed by atoms with Crippen LogP contribution < -0.4 is 45.9 Å². The topological polar surface area (TPSA) is 263 Å². The highest BCUT2D eigenvalue weighted by Crippen LogP contribution is 2.33. The van der Waals surface area contributed by atoms with Crippen LogP contribution in [0.3, 0.4) is 0 Å². The van der Waals surface area contributed by atoms with Gasteiger partial charge in [0.05, 0.1) is 50.5 Å². The van der Waals surface area contributed by atoms with Crippen LogP contribution in [0.15, 0.2) is 141 Å². The number of aryl methyl sites for hydroxylation is 2. The van der Waals surface area contributed by atoms with Gasteiger partial charge in [-0.1, -0.05) is 67.1 Å². The number of benzene rings is 5. The Morgan fingerprint density at radius 2 is 1.02 bits per heavy atom. The Labute approximate surface area is 541 Å². The van der Waals surface area contributed by atoms with Crippen LogP contribution in [0.25, 0.3) is 0 Å². The third-order valence-corrected chi connectivity index (χ3v) is 14.0. The minimum atomic E-state index is -0.275. The number of anilines is 3. The predicted octanol–water partition coefficient (Wildman–Crippen LogP) is 14.5. The van der Waals surface area contributed by atoms with Crippen LogP contribution in [-0.2, 0) is 0 Å². The zero-order valence-electron chi connectivity index (χ0n) is 49.3. The average Bonchev–Trinajstić information content (AvgIpc) is 3.63. The Morgan fingerprint density at radius 1 is 0.593 bits per heavy atom. The van der Waals surface area contributed by atoms with E-state index in [1.54, 1.807) is 101 Å². The second kappa shape index (κ2) is 37.9. The molecular formula is C60H68Br3Cl3N12O8. The highest BCUT2D eigenvalue weighted by atomic mass is 79.9. The number of ether oxygens (including phenoxy) is 4. The zero-order chi connectivity index (χ0) is 64.0. The van der Waals surface area contributed by atoms with Gasteiger partial charge in [-0.3, -0.25) is 19.3 Å². The molecule has 0 saturated heterocycles. The van der Waals surface area contributed by atoms with E-state index >= 15 is 0 Å². The Balaban J connectivity index is 0.000000289. The molecule has 86 heavy (non-hydrogen) atoms. The summed E-state index contributed by atoms with van der Waals surface area (Å²) >= 11 is 26.4. The molecule has 8 rings (SSSR count). The number of phenols is 1. The van der Waals surface area contributed by atoms with Crippen molar-refractivity contribution in [3.63, 3.8) is 0 Å². The first kappa shape index (κ1) is 72.9. The van der Waals surface area contributed by atoms with Gasteiger partial charge in [-0.05, 0) is 179 Å². The van der Waals surface area contributed by atoms with Gasteiger partial charge in [-0.2, -0.15) is 9.97 Å². The quantitative estimate of drug-likeness (QED) is 0.0336. The molecule has 3 heterocycles. The van der Waals surface area contributed by atoms with E-state index < -0.39 is 0 Å². The number of nitrogens with two attached hydrogens (primary N) is 1. The van der Waals surface area contributed by atoms with E-state index in [9.17, 15) is 14.4 Å². The number of hydrogen-bond acceptors (Lipinski definition) is 17. The third kappa shape index (κ3) is 24.2. The summed E-state index contributed by atoms with van der Waals surface area (Å²) in [5.74, 6) is 2.44. The molecule has 0 aliphatic carbocycles. The van der Waals surface area contributed by atoms with Crippen molar-refractivity contribution in [1.82, 2.24) is 50.8 Å². The summed E-state index contributed by atoms with van der Waals surface area (Å²) in [6.45, 7) is 16.3. The second-order valence-electron chi connectivity index (χ2n) is 17.9. The maximum absolute atomic E-state index is 12.1. The normalized spacial score (nSPS) is 10.1. The highest BCUT2D eigenvalue weighted by Gasteiger charge is 2.17. The Hall–Kier alpha value is -7.38. The fourth-order valence-corrected chi connectivity index (χ4v) is 8.20. The van der Waals surface area contributed by atoms with E-state index in [1.807, 2.05) is 50.2 Å². The fourth-order valence-electron chi connectivity index (χ4n) is 7.03. The van der Waals surface area contributed by atoms with Crippen LogP contribution >= 0.6 is 82.6 Å². The molecule has 20 nitrogen and oxygen atoms in total. The van der Waals surface area contributed by atoms with Crippen molar-refractivity contribution in [3.05, 3.63) is 185 Å². The summed E-state index contributed by atoms with van der Waals surface area (Å²) in [7, 11) is 7.88. The molecule has 0 atom stereocenters. The van der Waals surface area contributed by atoms with Crippen LogP contribution in [-0.4, -0.2) is 112 Å². The summed E-state index contributed by atoms with van der Waals surface area (Å²) in [6, 6.07) is 32.9. The molecule has 3 aromatic heterocycles. The second-order valence-corrected chi connectivity index (χ2v) is 21.5. The van der Waals surface area contributed by atoms with E-state index in [0.29, 0.717) is 64.8 Å². The molecule has 458 valence electrons. The summed E-state index contributed by atoms with van der Waals surface area (Å²) in [4.78, 5) is 60.9. The van der Waals surface area contributed by atoms with Gasteiger partial charge in [0, 0.05) is 69.1 Å². The number of nitrogens with zero attached hydrogens (tertiary/aromatic N) is 7. The standard InChI is InChI=1S/C20H19BrN4O3.C12H9BrClN3O2.C8H9NO2.C8H11NO.C8H19N.C4HBrCl2N2/c1-12-8-9-13(27-3)10-16(12)24-20-23-11-15(21)19(25-20)28-17-7-5-4-6-14(17)18(26)22-2;1-15-10(18)7-4-2-3-5-9(7)19-11-8(13)6-16-12(14)17-11;1-9-8(11)6-4-2-3-5-7(6)10;1-6-3-4-7(10-2)5-8(6)9;1-6-9(7(2)3)8(4)5;5-2-1-8-4(7)9-3(2)6/h4-11H,1-3H3,(H,22,26)(H,23,24,25);2-6H,1H3,(H,15,18);2-5,10H,1H3,(H,9,11);3-5H,9H2,1-2H3;7-8H,6H2,1-5H3;1H. The van der Waals surface area contributed by atoms with Crippen molar-refractivity contribution in [2.45, 2.75) is 60.5 Å². The zero-order valence-corrected chi connectivity index (χ0v) is 56.3. The average molecular weight is 1430 g/mol. The minimum Gasteiger partial charge on any atom is -0.507 e. The smallest absolute Gasteiger partial charge is 0.254 e. The number of para-hydroxylation sites is 3. The largest absolute Gasteiger partial charge is 0.507 e. The molecule has 0 radical (unpaired) electrons. The summed E-state index contributed by atoms with van der Waals surface area (Å²) in [5.41, 5.74) is 10.4. The number of aromatic hydroxyl groups is 1. The van der Waals surface area contributed by atoms with Gasteiger partial charge in [0.1, 0.15) is 33.9 Å². The van der Waals surface area contributed by atoms with Crippen molar-refractivity contribution in [3.8, 4) is 40.5 Å². The molecule has 0 saturated carbocycles. The lowest BCUT2D eigenvalue weighted by atomic mass is 10.2. The van der Waals surface area contributed by atoms with Gasteiger partial charge in [-0.25, -0.2) is 19.9 Å². The van der Waals surface area contributed by atoms with E-state index in [-0.39, 0.29) is 45.8 Å². The molecule has 26 heteroatoms. The van der Waals surface area contributed by atoms with Gasteiger partial charge in [0.2, 0.25) is 28.3 Å². The van der Waals surface area contributed by atoms with Crippen LogP contribution in [0.1, 0.15) is 76.8 Å². The van der Waals surface area contributed by atoms with Gasteiger partial charge >= 0.3 is 0 Å². The maximum Gasteiger partial charge on any atom is 0.254 e. The first-order valence-electron chi connectivity index (χ1n) is 26.0. The number of hydrogen-bond donors (Lipinski definition) is 6. The molecule has 0 bridgehead atoms. The summed E-state index contributed by atoms with van der Waals surface area (Å²) in [5, 5.41) is 20.4. The first-order valence-corrected chi connectivity index (χ1v) is 29.5. The van der Waals surface area contributed by atoms with Crippen LogP contribution in [0, 0.1) is 13.8 Å². The lowest BCUT2D eigenvalue weighted by Crippen LogP contribution is -2.36. The third-order valence-electron chi connectivity index (χ3n) is 11.4. The number of amides is 3. The Kier molecular flexibility index (Phi) is 32.1. The fraction of sp³-hybridized carbons (Fsp3) is 0.250. The lowest BCUT2D eigenvalue weighted by Gasteiger charge is -2.28. The van der Waals surface area contributed by atoms with Crippen molar-refractivity contribution in [2.75, 3.05) is 53.0 Å². The number of aromatic nitrogens is 6. The molecule has 0 unspecified atom stereocenters. The number of rotatable bonds is 14. The molecule has 7 N–H and O–H groups in total. The number of carbonyl (C=O) groups is 3. The summed E-state index contributed by atoms with van der Waals surface area (Å²) in [6.07, 6.45) is 4.56. The monoisotopic (exact) mass is 1430 g/mol. The molecule has 8 aromatic rings. The Morgan fingerprint density at radius 3 is 1.47 bits per heavy atom. The molecular weight excluding hydrogens is 1360 g/mol. The van der Waals surface area contributed by atoms with Gasteiger partial charge in [-0.15, -0.1) is 0 Å². The number of carbonyl (C=O) groups excluding carboxylic acids is 3. The summed E-state index contributed by atoms with van der Waals surface area (Å²) < 4.78 is 23.5. The van der Waals surface area contributed by atoms with Gasteiger partial charge in [0.15, 0.2) is 0 Å².